The van der Waals surface area contributed by atoms with E-state index < -0.39 is 6.09 Å². The highest BCUT2D eigenvalue weighted by Crippen LogP contribution is 1.88. The van der Waals surface area contributed by atoms with Gasteiger partial charge in [0, 0.05) is 0 Å². The second-order valence-electron chi connectivity index (χ2n) is 2.44. The van der Waals surface area contributed by atoms with Crippen LogP contribution in [-0.4, -0.2) is 19.3 Å². The summed E-state index contributed by atoms with van der Waals surface area (Å²) in [4.78, 5) is 15.5. The van der Waals surface area contributed by atoms with Crippen LogP contribution in [0.4, 0.5) is 4.79 Å². The molecule has 0 heterocycles. The highest BCUT2D eigenvalue weighted by molar-refractivity contribution is 5.65. The minimum Gasteiger partial charge on any atom is -0.448 e. The summed E-state index contributed by atoms with van der Waals surface area (Å²) in [6.07, 6.45) is 2.27. The van der Waals surface area contributed by atoms with Crippen LogP contribution in [0.5, 0.6) is 0 Å². The number of hydroxylamine groups is 1. The van der Waals surface area contributed by atoms with E-state index in [9.17, 15) is 4.79 Å². The summed E-state index contributed by atoms with van der Waals surface area (Å²) < 4.78 is 4.75. The van der Waals surface area contributed by atoms with Crippen molar-refractivity contribution in [3.8, 4) is 0 Å². The maximum atomic E-state index is 10.7. The van der Waals surface area contributed by atoms with E-state index >= 15 is 0 Å². The Bertz CT molecular complexity index is 105. The molecule has 0 saturated carbocycles. The van der Waals surface area contributed by atoms with Gasteiger partial charge in [0.2, 0.25) is 0 Å². The monoisotopic (exact) mass is 175 g/mol. The predicted octanol–water partition coefficient (Wildman–Crippen LogP) is 1.85. The Balaban J connectivity index is 3.10. The van der Waals surface area contributed by atoms with Gasteiger partial charge in [0.05, 0.1) is 13.2 Å². The van der Waals surface area contributed by atoms with Gasteiger partial charge in [-0.25, -0.2) is 4.79 Å². The molecule has 0 aliphatic rings. The molecule has 0 bridgehead atoms. The second kappa shape index (κ2) is 8.33. The average Bonchev–Trinajstić information content (AvgIpc) is 2.06. The zero-order valence-electron chi connectivity index (χ0n) is 7.76. The van der Waals surface area contributed by atoms with E-state index in [1.54, 1.807) is 0 Å². The first-order valence-corrected chi connectivity index (χ1v) is 4.35. The number of carbonyl (C=O) groups excluding carboxylic acids is 1. The van der Waals surface area contributed by atoms with E-state index in [1.807, 2.05) is 13.8 Å². The quantitative estimate of drug-likeness (QED) is 0.495. The van der Waals surface area contributed by atoms with Crippen LogP contribution >= 0.6 is 0 Å². The van der Waals surface area contributed by atoms with Crippen LogP contribution in [0.25, 0.3) is 0 Å². The van der Waals surface area contributed by atoms with Crippen molar-refractivity contribution in [1.29, 1.82) is 0 Å². The SMILES string of the molecule is CCCCOC(=O)NOCCC. The lowest BCUT2D eigenvalue weighted by Gasteiger charge is -2.05. The van der Waals surface area contributed by atoms with Crippen molar-refractivity contribution >= 4 is 6.09 Å². The Hall–Kier alpha value is -0.770. The van der Waals surface area contributed by atoms with E-state index in [0.29, 0.717) is 13.2 Å². The normalized spacial score (nSPS) is 9.50. The van der Waals surface area contributed by atoms with Gasteiger partial charge in [0.25, 0.3) is 0 Å². The second-order valence-corrected chi connectivity index (χ2v) is 2.44. The Morgan fingerprint density at radius 1 is 1.25 bits per heavy atom. The zero-order valence-corrected chi connectivity index (χ0v) is 7.76. The summed E-state index contributed by atoms with van der Waals surface area (Å²) in [6.45, 7) is 4.97. The Morgan fingerprint density at radius 2 is 2.00 bits per heavy atom. The Morgan fingerprint density at radius 3 is 2.58 bits per heavy atom. The van der Waals surface area contributed by atoms with Gasteiger partial charge in [0.15, 0.2) is 0 Å². The first-order chi connectivity index (χ1) is 5.81. The van der Waals surface area contributed by atoms with Crippen LogP contribution in [-0.2, 0) is 9.57 Å². The standard InChI is InChI=1S/C8H17NO3/c1-3-5-7-11-8(10)9-12-6-4-2/h3-7H2,1-2H3,(H,9,10). The van der Waals surface area contributed by atoms with Crippen LogP contribution in [0.15, 0.2) is 0 Å². The van der Waals surface area contributed by atoms with E-state index in [4.69, 9.17) is 9.57 Å². The number of nitrogens with one attached hydrogen (secondary N) is 1. The molecule has 72 valence electrons. The molecule has 0 spiro atoms. The van der Waals surface area contributed by atoms with Crippen LogP contribution in [0.1, 0.15) is 33.1 Å². The van der Waals surface area contributed by atoms with Gasteiger partial charge in [-0.1, -0.05) is 20.3 Å². The molecule has 1 amide bonds. The first-order valence-electron chi connectivity index (χ1n) is 4.35. The molecule has 4 heteroatoms. The molecule has 0 aromatic heterocycles. The molecule has 0 aromatic carbocycles. The summed E-state index contributed by atoms with van der Waals surface area (Å²) in [7, 11) is 0. The van der Waals surface area contributed by atoms with Gasteiger partial charge in [-0.3, -0.25) is 4.84 Å². The van der Waals surface area contributed by atoms with Crippen molar-refractivity contribution in [3.05, 3.63) is 0 Å². The number of rotatable bonds is 6. The van der Waals surface area contributed by atoms with Crippen molar-refractivity contribution in [2.45, 2.75) is 33.1 Å². The fourth-order valence-corrected chi connectivity index (χ4v) is 0.551. The third-order valence-electron chi connectivity index (χ3n) is 1.19. The van der Waals surface area contributed by atoms with Gasteiger partial charge in [-0.15, -0.1) is 0 Å². The molecule has 0 aliphatic heterocycles. The third kappa shape index (κ3) is 7.34. The summed E-state index contributed by atoms with van der Waals surface area (Å²) >= 11 is 0. The summed E-state index contributed by atoms with van der Waals surface area (Å²) in [6, 6.07) is 0. The number of hydrogen-bond donors (Lipinski definition) is 1. The molecule has 0 rings (SSSR count). The number of hydrogen-bond acceptors (Lipinski definition) is 3. The van der Waals surface area contributed by atoms with Gasteiger partial charge in [0.1, 0.15) is 0 Å². The molecular weight excluding hydrogens is 158 g/mol. The largest absolute Gasteiger partial charge is 0.448 e. The van der Waals surface area contributed by atoms with Gasteiger partial charge in [-0.05, 0) is 12.8 Å². The van der Waals surface area contributed by atoms with E-state index in [2.05, 4.69) is 5.48 Å². The summed E-state index contributed by atoms with van der Waals surface area (Å²) in [5, 5.41) is 0. The topological polar surface area (TPSA) is 47.6 Å². The molecule has 0 fully saturated rings. The summed E-state index contributed by atoms with van der Waals surface area (Å²) in [5.74, 6) is 0. The average molecular weight is 175 g/mol. The maximum Gasteiger partial charge on any atom is 0.431 e. The van der Waals surface area contributed by atoms with E-state index in [-0.39, 0.29) is 0 Å². The fourth-order valence-electron chi connectivity index (χ4n) is 0.551. The highest BCUT2D eigenvalue weighted by Gasteiger charge is 1.98. The molecule has 0 atom stereocenters. The molecule has 12 heavy (non-hydrogen) atoms. The van der Waals surface area contributed by atoms with Crippen LogP contribution in [0.2, 0.25) is 0 Å². The van der Waals surface area contributed by atoms with E-state index in [0.717, 1.165) is 19.3 Å². The molecule has 1 N–H and O–H groups in total. The lowest BCUT2D eigenvalue weighted by Crippen LogP contribution is -2.25. The van der Waals surface area contributed by atoms with Crippen molar-refractivity contribution < 1.29 is 14.4 Å². The maximum absolute atomic E-state index is 10.7. The molecule has 0 unspecified atom stereocenters. The van der Waals surface area contributed by atoms with Crippen molar-refractivity contribution in [2.75, 3.05) is 13.2 Å². The molecule has 0 aliphatic carbocycles. The molecule has 4 nitrogen and oxygen atoms in total. The van der Waals surface area contributed by atoms with Gasteiger partial charge >= 0.3 is 6.09 Å². The summed E-state index contributed by atoms with van der Waals surface area (Å²) in [5.41, 5.74) is 2.18. The highest BCUT2D eigenvalue weighted by atomic mass is 16.7. The molecular formula is C8H17NO3. The van der Waals surface area contributed by atoms with Crippen LogP contribution < -0.4 is 5.48 Å². The van der Waals surface area contributed by atoms with Crippen LogP contribution in [0.3, 0.4) is 0 Å². The minimum absolute atomic E-state index is 0.456. The first kappa shape index (κ1) is 11.2. The number of unbranched alkanes of at least 4 members (excludes halogenated alkanes) is 1. The predicted molar refractivity (Wildman–Crippen MR) is 45.6 cm³/mol. The fraction of sp³-hybridized carbons (Fsp3) is 0.875. The molecule has 0 saturated heterocycles. The number of ether oxygens (including phenoxy) is 1. The minimum atomic E-state index is -0.503. The van der Waals surface area contributed by atoms with E-state index in [1.165, 1.54) is 0 Å². The van der Waals surface area contributed by atoms with Gasteiger partial charge < -0.3 is 4.74 Å². The van der Waals surface area contributed by atoms with Crippen molar-refractivity contribution in [3.63, 3.8) is 0 Å². The number of amides is 1. The Kier molecular flexibility index (Phi) is 7.79. The lowest BCUT2D eigenvalue weighted by atomic mass is 10.4. The number of carbonyl (C=O) groups is 1. The zero-order chi connectivity index (χ0) is 9.23. The molecule has 0 aromatic rings. The van der Waals surface area contributed by atoms with Crippen molar-refractivity contribution in [1.82, 2.24) is 5.48 Å². The van der Waals surface area contributed by atoms with Crippen LogP contribution in [0, 0.1) is 0 Å². The van der Waals surface area contributed by atoms with Crippen molar-refractivity contribution in [2.24, 2.45) is 0 Å². The smallest absolute Gasteiger partial charge is 0.431 e. The Labute approximate surface area is 73.2 Å². The molecule has 0 radical (unpaired) electrons. The third-order valence-corrected chi connectivity index (χ3v) is 1.19. The van der Waals surface area contributed by atoms with Gasteiger partial charge in [-0.2, -0.15) is 5.48 Å². The lowest BCUT2D eigenvalue weighted by molar-refractivity contribution is 0.0279.